The van der Waals surface area contributed by atoms with Crippen LogP contribution in [0.1, 0.15) is 17.5 Å². The highest BCUT2D eigenvalue weighted by molar-refractivity contribution is 7.89. The minimum Gasteiger partial charge on any atom is -0.324 e. The Labute approximate surface area is 168 Å². The number of nitrogens with one attached hydrogen (secondary N) is 3. The molecule has 2 aromatic carbocycles. The molecule has 0 unspecified atom stereocenters. The molecule has 0 aliphatic carbocycles. The van der Waals surface area contributed by atoms with Crippen LogP contribution in [-0.2, 0) is 27.8 Å². The number of carbonyl (C=O) groups is 1. The van der Waals surface area contributed by atoms with Gasteiger partial charge in [-0.05, 0) is 54.4 Å². The maximum atomic E-state index is 14.5. The highest BCUT2D eigenvalue weighted by atomic mass is 35.5. The Kier molecular flexibility index (Phi) is 7.48. The summed E-state index contributed by atoms with van der Waals surface area (Å²) in [6.45, 7) is 1.10. The first-order valence-corrected chi connectivity index (χ1v) is 9.91. The molecule has 6 nitrogen and oxygen atoms in total. The molecular formula is C18H20ClF2N3O3S. The van der Waals surface area contributed by atoms with E-state index in [0.29, 0.717) is 25.1 Å². The lowest BCUT2D eigenvalue weighted by Crippen LogP contribution is -2.28. The predicted octanol–water partition coefficient (Wildman–Crippen LogP) is 2.34. The van der Waals surface area contributed by atoms with Crippen molar-refractivity contribution in [1.82, 2.24) is 10.0 Å². The summed E-state index contributed by atoms with van der Waals surface area (Å²) >= 11 is 0. The van der Waals surface area contributed by atoms with E-state index >= 15 is 0 Å². The molecule has 152 valence electrons. The fourth-order valence-electron chi connectivity index (χ4n) is 2.84. The monoisotopic (exact) mass is 431 g/mol. The molecule has 28 heavy (non-hydrogen) atoms. The van der Waals surface area contributed by atoms with Crippen molar-refractivity contribution in [1.29, 1.82) is 0 Å². The molecule has 0 fully saturated rings. The number of hydrogen-bond donors (Lipinski definition) is 3. The van der Waals surface area contributed by atoms with E-state index in [-0.39, 0.29) is 36.0 Å². The second-order valence-corrected chi connectivity index (χ2v) is 7.91. The van der Waals surface area contributed by atoms with Crippen molar-refractivity contribution >= 4 is 34.0 Å². The molecule has 0 bridgehead atoms. The van der Waals surface area contributed by atoms with Crippen molar-refractivity contribution in [3.63, 3.8) is 0 Å². The van der Waals surface area contributed by atoms with Gasteiger partial charge in [-0.2, -0.15) is 0 Å². The number of hydrogen-bond acceptors (Lipinski definition) is 4. The molecular weight excluding hydrogens is 412 g/mol. The number of fused-ring (bicyclic) bond motifs is 1. The topological polar surface area (TPSA) is 87.3 Å². The van der Waals surface area contributed by atoms with Gasteiger partial charge in [-0.15, -0.1) is 12.4 Å². The Morgan fingerprint density at radius 2 is 1.82 bits per heavy atom. The van der Waals surface area contributed by atoms with Gasteiger partial charge in [0.1, 0.15) is 11.6 Å². The summed E-state index contributed by atoms with van der Waals surface area (Å²) in [6.07, 6.45) is 0.376. The van der Waals surface area contributed by atoms with Gasteiger partial charge < -0.3 is 10.6 Å². The summed E-state index contributed by atoms with van der Waals surface area (Å²) in [4.78, 5) is 11.9. The van der Waals surface area contributed by atoms with E-state index in [0.717, 1.165) is 29.8 Å². The van der Waals surface area contributed by atoms with Crippen LogP contribution in [0.5, 0.6) is 0 Å². The number of halogens is 3. The third-order valence-electron chi connectivity index (χ3n) is 4.25. The van der Waals surface area contributed by atoms with Crippen LogP contribution >= 0.6 is 12.4 Å². The number of carbonyl (C=O) groups excluding carboxylic acids is 1. The van der Waals surface area contributed by atoms with Gasteiger partial charge in [0.05, 0.1) is 10.6 Å². The lowest BCUT2D eigenvalue weighted by Gasteiger charge is -2.19. The summed E-state index contributed by atoms with van der Waals surface area (Å²) in [6, 6.07) is 7.61. The second-order valence-electron chi connectivity index (χ2n) is 6.14. The van der Waals surface area contributed by atoms with Gasteiger partial charge >= 0.3 is 0 Å². The molecule has 10 heteroatoms. The lowest BCUT2D eigenvalue weighted by molar-refractivity contribution is -0.116. The van der Waals surface area contributed by atoms with Crippen LogP contribution in [0.3, 0.4) is 0 Å². The minimum absolute atomic E-state index is 0. The van der Waals surface area contributed by atoms with Crippen LogP contribution in [0.4, 0.5) is 14.5 Å². The average Bonchev–Trinajstić information content (AvgIpc) is 2.64. The highest BCUT2D eigenvalue weighted by Crippen LogP contribution is 2.24. The van der Waals surface area contributed by atoms with E-state index in [1.165, 1.54) is 6.07 Å². The summed E-state index contributed by atoms with van der Waals surface area (Å²) in [5.41, 5.74) is 1.54. The van der Waals surface area contributed by atoms with Crippen molar-refractivity contribution in [3.05, 3.63) is 59.2 Å². The maximum absolute atomic E-state index is 14.5. The van der Waals surface area contributed by atoms with E-state index in [1.54, 1.807) is 6.07 Å². The summed E-state index contributed by atoms with van der Waals surface area (Å²) in [5.74, 6) is -1.50. The van der Waals surface area contributed by atoms with Crippen LogP contribution in [-0.4, -0.2) is 27.4 Å². The van der Waals surface area contributed by atoms with E-state index in [2.05, 4.69) is 15.4 Å². The fraction of sp³-hybridized carbons (Fsp3) is 0.278. The summed E-state index contributed by atoms with van der Waals surface area (Å²) < 4.78 is 53.8. The minimum atomic E-state index is -3.84. The van der Waals surface area contributed by atoms with Crippen molar-refractivity contribution in [2.24, 2.45) is 0 Å². The van der Waals surface area contributed by atoms with Crippen LogP contribution in [0, 0.1) is 11.6 Å². The van der Waals surface area contributed by atoms with Gasteiger partial charge in [0.25, 0.3) is 0 Å². The Hall–Kier alpha value is -2.07. The zero-order chi connectivity index (χ0) is 19.4. The number of rotatable bonds is 6. The van der Waals surface area contributed by atoms with Gasteiger partial charge in [-0.25, -0.2) is 21.9 Å². The van der Waals surface area contributed by atoms with Gasteiger partial charge in [0, 0.05) is 19.5 Å². The van der Waals surface area contributed by atoms with Crippen LogP contribution in [0.15, 0.2) is 41.3 Å². The molecule has 0 radical (unpaired) electrons. The van der Waals surface area contributed by atoms with Crippen molar-refractivity contribution in [3.8, 4) is 0 Å². The normalized spacial score (nSPS) is 13.4. The first kappa shape index (κ1) is 22.2. The van der Waals surface area contributed by atoms with Crippen molar-refractivity contribution in [2.45, 2.75) is 24.3 Å². The third-order valence-corrected chi connectivity index (χ3v) is 5.73. The summed E-state index contributed by atoms with van der Waals surface area (Å²) in [5, 5.41) is 5.62. The van der Waals surface area contributed by atoms with Gasteiger partial charge in [-0.3, -0.25) is 4.79 Å². The van der Waals surface area contributed by atoms with E-state index in [9.17, 15) is 22.0 Å². The maximum Gasteiger partial charge on any atom is 0.240 e. The number of benzene rings is 2. The highest BCUT2D eigenvalue weighted by Gasteiger charge is 2.18. The Bertz CT molecular complexity index is 953. The molecule has 0 saturated heterocycles. The SMILES string of the molecule is Cl.O=C(CCNS(=O)(=O)c1ccc(F)cc1)Nc1ccc2c(c1F)CCNC2. The van der Waals surface area contributed by atoms with Crippen molar-refractivity contribution in [2.75, 3.05) is 18.4 Å². The molecule has 3 rings (SSSR count). The van der Waals surface area contributed by atoms with E-state index < -0.39 is 27.6 Å². The van der Waals surface area contributed by atoms with Crippen LogP contribution in [0.25, 0.3) is 0 Å². The van der Waals surface area contributed by atoms with Crippen molar-refractivity contribution < 1.29 is 22.0 Å². The third kappa shape index (κ3) is 5.26. The zero-order valence-corrected chi connectivity index (χ0v) is 16.4. The summed E-state index contributed by atoms with van der Waals surface area (Å²) in [7, 11) is -3.84. The quantitative estimate of drug-likeness (QED) is 0.655. The van der Waals surface area contributed by atoms with E-state index in [4.69, 9.17) is 0 Å². The number of anilines is 1. The molecule has 1 amide bonds. The zero-order valence-electron chi connectivity index (χ0n) is 14.8. The van der Waals surface area contributed by atoms with Crippen LogP contribution in [0.2, 0.25) is 0 Å². The first-order chi connectivity index (χ1) is 12.9. The van der Waals surface area contributed by atoms with Crippen LogP contribution < -0.4 is 15.4 Å². The predicted molar refractivity (Wildman–Crippen MR) is 104 cm³/mol. The Balaban J connectivity index is 0.00000280. The fourth-order valence-corrected chi connectivity index (χ4v) is 3.87. The first-order valence-electron chi connectivity index (χ1n) is 8.43. The molecule has 0 saturated carbocycles. The number of sulfonamides is 1. The Morgan fingerprint density at radius 3 is 2.54 bits per heavy atom. The number of amides is 1. The molecule has 1 aliphatic heterocycles. The molecule has 1 heterocycles. The smallest absolute Gasteiger partial charge is 0.240 e. The average molecular weight is 432 g/mol. The Morgan fingerprint density at radius 1 is 1.11 bits per heavy atom. The van der Waals surface area contributed by atoms with Gasteiger partial charge in [0.15, 0.2) is 0 Å². The lowest BCUT2D eigenvalue weighted by atomic mass is 9.99. The standard InChI is InChI=1S/C18H19F2N3O3S.ClH/c19-13-2-4-14(5-3-13)27(25,26)22-10-8-17(24)23-16-6-1-12-11-21-9-7-15(12)18(16)20;/h1-6,21-22H,7-11H2,(H,23,24);1H. The molecule has 0 aromatic heterocycles. The second kappa shape index (κ2) is 9.42. The molecule has 0 spiro atoms. The molecule has 1 aliphatic rings. The molecule has 3 N–H and O–H groups in total. The van der Waals surface area contributed by atoms with Gasteiger partial charge in [-0.1, -0.05) is 6.07 Å². The van der Waals surface area contributed by atoms with E-state index in [1.807, 2.05) is 0 Å². The molecule has 0 atom stereocenters. The van der Waals surface area contributed by atoms with Gasteiger partial charge in [0.2, 0.25) is 15.9 Å². The largest absolute Gasteiger partial charge is 0.324 e. The molecule has 2 aromatic rings.